The first-order valence-electron chi connectivity index (χ1n) is 6.65. The fraction of sp³-hybridized carbons (Fsp3) is 0.0714. The van der Waals surface area contributed by atoms with Crippen molar-refractivity contribution >= 4 is 22.9 Å². The Morgan fingerprint density at radius 3 is 2.82 bits per heavy atom. The number of hydrogen-bond donors (Lipinski definition) is 1. The summed E-state index contributed by atoms with van der Waals surface area (Å²) in [5, 5.41) is 9.92. The van der Waals surface area contributed by atoms with Crippen LogP contribution in [-0.4, -0.2) is 34.9 Å². The summed E-state index contributed by atoms with van der Waals surface area (Å²) in [6.07, 6.45) is 5.00. The zero-order valence-corrected chi connectivity index (χ0v) is 12.2. The van der Waals surface area contributed by atoms with Gasteiger partial charge in [-0.25, -0.2) is 19.6 Å². The van der Waals surface area contributed by atoms with Crippen LogP contribution in [0, 0.1) is 0 Å². The number of H-pyrrole nitrogens is 1. The summed E-state index contributed by atoms with van der Waals surface area (Å²) in [6, 6.07) is 10.1. The summed E-state index contributed by atoms with van der Waals surface area (Å²) < 4.78 is 1.78. The Morgan fingerprint density at radius 1 is 1.09 bits per heavy atom. The standard InChI is InChI=1S/C14H11N7S/c1-2-4-10(5-3-1)8-21-12-11(19-20-21)13(18-9-17-12)22-14-15-6-7-16-14/h1-7,9H,8H2,(H,15,16). The van der Waals surface area contributed by atoms with Crippen molar-refractivity contribution in [1.82, 2.24) is 34.9 Å². The molecule has 4 aromatic rings. The minimum atomic E-state index is 0.624. The van der Waals surface area contributed by atoms with E-state index < -0.39 is 0 Å². The second kappa shape index (κ2) is 5.57. The fourth-order valence-electron chi connectivity index (χ4n) is 2.11. The van der Waals surface area contributed by atoms with Gasteiger partial charge in [0.2, 0.25) is 0 Å². The van der Waals surface area contributed by atoms with Crippen LogP contribution in [0.25, 0.3) is 11.2 Å². The Labute approximate surface area is 129 Å². The van der Waals surface area contributed by atoms with Crippen molar-refractivity contribution in [1.29, 1.82) is 0 Å². The van der Waals surface area contributed by atoms with Crippen LogP contribution >= 0.6 is 11.8 Å². The van der Waals surface area contributed by atoms with Gasteiger partial charge in [-0.05, 0) is 17.3 Å². The van der Waals surface area contributed by atoms with Crippen molar-refractivity contribution < 1.29 is 0 Å². The molecule has 0 radical (unpaired) electrons. The Morgan fingerprint density at radius 2 is 2.00 bits per heavy atom. The molecule has 8 heteroatoms. The van der Waals surface area contributed by atoms with Crippen LogP contribution in [0.4, 0.5) is 0 Å². The van der Waals surface area contributed by atoms with Gasteiger partial charge in [0, 0.05) is 12.4 Å². The molecule has 4 rings (SSSR count). The van der Waals surface area contributed by atoms with E-state index in [1.807, 2.05) is 30.3 Å². The molecule has 0 amide bonds. The highest BCUT2D eigenvalue weighted by molar-refractivity contribution is 7.99. The first-order chi connectivity index (χ1) is 10.9. The molecular weight excluding hydrogens is 298 g/mol. The molecular formula is C14H11N7S. The maximum Gasteiger partial charge on any atom is 0.183 e. The van der Waals surface area contributed by atoms with Crippen molar-refractivity contribution in [3.63, 3.8) is 0 Å². The van der Waals surface area contributed by atoms with Gasteiger partial charge >= 0.3 is 0 Å². The smallest absolute Gasteiger partial charge is 0.183 e. The zero-order chi connectivity index (χ0) is 14.8. The van der Waals surface area contributed by atoms with Crippen molar-refractivity contribution in [2.24, 2.45) is 0 Å². The number of benzene rings is 1. The van der Waals surface area contributed by atoms with Gasteiger partial charge in [0.1, 0.15) is 11.4 Å². The normalized spacial score (nSPS) is 11.1. The van der Waals surface area contributed by atoms with E-state index in [2.05, 4.69) is 30.2 Å². The van der Waals surface area contributed by atoms with E-state index in [1.54, 1.807) is 17.1 Å². The maximum absolute atomic E-state index is 4.31. The minimum Gasteiger partial charge on any atom is -0.339 e. The molecule has 0 aliphatic carbocycles. The Kier molecular flexibility index (Phi) is 3.28. The second-order valence-corrected chi connectivity index (χ2v) is 5.56. The molecule has 0 saturated carbocycles. The first-order valence-corrected chi connectivity index (χ1v) is 7.47. The summed E-state index contributed by atoms with van der Waals surface area (Å²) in [5.74, 6) is 0. The van der Waals surface area contributed by atoms with Crippen LogP contribution in [0.3, 0.4) is 0 Å². The van der Waals surface area contributed by atoms with E-state index in [9.17, 15) is 0 Å². The van der Waals surface area contributed by atoms with Gasteiger partial charge in [-0.3, -0.25) is 0 Å². The van der Waals surface area contributed by atoms with E-state index in [1.165, 1.54) is 18.1 Å². The SMILES string of the molecule is c1ccc(Cn2nnc3c(Sc4ncc[nH]4)ncnc32)cc1. The topological polar surface area (TPSA) is 85.2 Å². The van der Waals surface area contributed by atoms with Gasteiger partial charge in [0.25, 0.3) is 0 Å². The Bertz CT molecular complexity index is 886. The lowest BCUT2D eigenvalue weighted by Crippen LogP contribution is -2.02. The molecule has 0 spiro atoms. The molecule has 0 fully saturated rings. The third kappa shape index (κ3) is 2.44. The molecule has 0 bridgehead atoms. The molecule has 1 N–H and O–H groups in total. The third-order valence-electron chi connectivity index (χ3n) is 3.11. The van der Waals surface area contributed by atoms with Gasteiger partial charge in [0.05, 0.1) is 6.54 Å². The zero-order valence-electron chi connectivity index (χ0n) is 11.4. The van der Waals surface area contributed by atoms with Crippen molar-refractivity contribution in [2.75, 3.05) is 0 Å². The number of nitrogens with zero attached hydrogens (tertiary/aromatic N) is 6. The number of fused-ring (bicyclic) bond motifs is 1. The molecule has 108 valence electrons. The highest BCUT2D eigenvalue weighted by Crippen LogP contribution is 2.27. The fourth-order valence-corrected chi connectivity index (χ4v) is 2.86. The number of hydrogen-bond acceptors (Lipinski definition) is 6. The van der Waals surface area contributed by atoms with E-state index >= 15 is 0 Å². The number of nitrogens with one attached hydrogen (secondary N) is 1. The summed E-state index contributed by atoms with van der Waals surface area (Å²) in [7, 11) is 0. The van der Waals surface area contributed by atoms with Crippen LogP contribution in [0.2, 0.25) is 0 Å². The number of imidazole rings is 1. The Balaban J connectivity index is 1.70. The second-order valence-electron chi connectivity index (χ2n) is 4.58. The molecule has 3 heterocycles. The van der Waals surface area contributed by atoms with Gasteiger partial charge in [-0.2, -0.15) is 0 Å². The lowest BCUT2D eigenvalue weighted by atomic mass is 10.2. The largest absolute Gasteiger partial charge is 0.339 e. The molecule has 0 aliphatic heterocycles. The van der Waals surface area contributed by atoms with E-state index in [4.69, 9.17) is 0 Å². The molecule has 7 nitrogen and oxygen atoms in total. The van der Waals surface area contributed by atoms with Crippen LogP contribution in [0.5, 0.6) is 0 Å². The number of rotatable bonds is 4. The summed E-state index contributed by atoms with van der Waals surface area (Å²) in [5.41, 5.74) is 2.54. The number of aromatic amines is 1. The van der Waals surface area contributed by atoms with Gasteiger partial charge in [-0.15, -0.1) is 5.10 Å². The Hall–Kier alpha value is -2.74. The summed E-state index contributed by atoms with van der Waals surface area (Å²) >= 11 is 1.41. The van der Waals surface area contributed by atoms with Gasteiger partial charge in [0.15, 0.2) is 16.3 Å². The highest BCUT2D eigenvalue weighted by Gasteiger charge is 2.13. The van der Waals surface area contributed by atoms with E-state index in [0.717, 1.165) is 15.7 Å². The predicted octanol–water partition coefficient (Wildman–Crippen LogP) is 2.14. The first kappa shape index (κ1) is 13.0. The lowest BCUT2D eigenvalue weighted by molar-refractivity contribution is 0.664. The average molecular weight is 309 g/mol. The van der Waals surface area contributed by atoms with Crippen molar-refractivity contribution in [2.45, 2.75) is 16.7 Å². The quantitative estimate of drug-likeness (QED) is 0.581. The molecule has 3 aromatic heterocycles. The van der Waals surface area contributed by atoms with Gasteiger partial charge in [-0.1, -0.05) is 35.5 Å². The molecule has 0 atom stereocenters. The number of aromatic nitrogens is 7. The molecule has 0 saturated heterocycles. The maximum atomic E-state index is 4.31. The van der Waals surface area contributed by atoms with Crippen LogP contribution in [0.1, 0.15) is 5.56 Å². The average Bonchev–Trinajstić information content (AvgIpc) is 3.19. The predicted molar refractivity (Wildman–Crippen MR) is 81.4 cm³/mol. The van der Waals surface area contributed by atoms with Crippen molar-refractivity contribution in [3.8, 4) is 0 Å². The monoisotopic (exact) mass is 309 g/mol. The molecule has 0 aliphatic rings. The minimum absolute atomic E-state index is 0.624. The summed E-state index contributed by atoms with van der Waals surface area (Å²) in [4.78, 5) is 15.8. The lowest BCUT2D eigenvalue weighted by Gasteiger charge is -2.02. The van der Waals surface area contributed by atoms with Gasteiger partial charge < -0.3 is 4.98 Å². The van der Waals surface area contributed by atoms with E-state index in [-0.39, 0.29) is 0 Å². The molecule has 1 aromatic carbocycles. The summed E-state index contributed by atoms with van der Waals surface area (Å²) in [6.45, 7) is 0.624. The van der Waals surface area contributed by atoms with Crippen LogP contribution in [0.15, 0.2) is 59.2 Å². The van der Waals surface area contributed by atoms with Crippen LogP contribution < -0.4 is 0 Å². The van der Waals surface area contributed by atoms with E-state index in [0.29, 0.717) is 17.7 Å². The van der Waals surface area contributed by atoms with Crippen molar-refractivity contribution in [3.05, 3.63) is 54.6 Å². The van der Waals surface area contributed by atoms with Crippen LogP contribution in [-0.2, 0) is 6.54 Å². The molecule has 0 unspecified atom stereocenters. The highest BCUT2D eigenvalue weighted by atomic mass is 32.2. The third-order valence-corrected chi connectivity index (χ3v) is 4.02. The molecule has 22 heavy (non-hydrogen) atoms.